The number of para-hydroxylation sites is 1. The van der Waals surface area contributed by atoms with Crippen molar-refractivity contribution in [3.05, 3.63) is 91.0 Å². The first-order valence-corrected chi connectivity index (χ1v) is 11.6. The molecule has 0 atom stereocenters. The van der Waals surface area contributed by atoms with Gasteiger partial charge >= 0.3 is 0 Å². The van der Waals surface area contributed by atoms with Crippen LogP contribution in [0.15, 0.2) is 68.7 Å². The maximum absolute atomic E-state index is 13.4. The largest absolute Gasteiger partial charge is 0.309 e. The van der Waals surface area contributed by atoms with Gasteiger partial charge in [-0.05, 0) is 48.2 Å². The zero-order chi connectivity index (χ0) is 21.5. The van der Waals surface area contributed by atoms with E-state index in [0.717, 1.165) is 11.3 Å². The molecule has 3 heterocycles. The number of halogens is 1. The molecule has 3 aromatic heterocycles. The topological polar surface area (TPSA) is 80.6 Å². The van der Waals surface area contributed by atoms with Crippen LogP contribution in [0.2, 0.25) is 5.02 Å². The number of nitrogens with zero attached hydrogens (tertiary/aromatic N) is 3. The highest BCUT2D eigenvalue weighted by Crippen LogP contribution is 2.26. The number of thioether (sulfide) groups is 1. The fourth-order valence-corrected chi connectivity index (χ4v) is 5.15. The minimum Gasteiger partial charge on any atom is -0.309 e. The Hall–Kier alpha value is -2.94. The Bertz CT molecular complexity index is 1570. The molecule has 0 saturated heterocycles. The molecule has 0 aliphatic rings. The molecule has 9 heteroatoms. The molecule has 1 N–H and O–H groups in total. The molecule has 6 nitrogen and oxygen atoms in total. The summed E-state index contributed by atoms with van der Waals surface area (Å²) in [6.07, 6.45) is 0. The Morgan fingerprint density at radius 2 is 1.94 bits per heavy atom. The Morgan fingerprint density at radius 1 is 1.10 bits per heavy atom. The number of thiophene rings is 1. The molecule has 5 aromatic rings. The molecule has 0 spiro atoms. The van der Waals surface area contributed by atoms with Gasteiger partial charge in [-0.2, -0.15) is 0 Å². The minimum atomic E-state index is -0.173. The van der Waals surface area contributed by atoms with Crippen molar-refractivity contribution in [3.63, 3.8) is 0 Å². The lowest BCUT2D eigenvalue weighted by Gasteiger charge is -2.15. The average Bonchev–Trinajstić information content (AvgIpc) is 3.22. The van der Waals surface area contributed by atoms with Crippen LogP contribution < -0.4 is 11.1 Å². The molecule has 0 amide bonds. The van der Waals surface area contributed by atoms with Gasteiger partial charge in [-0.1, -0.05) is 41.6 Å². The maximum atomic E-state index is 13.4. The zero-order valence-corrected chi connectivity index (χ0v) is 18.6. The standard InChI is InChI=1S/C22H15ClN4O2S2/c1-12-4-2-3-5-17(12)27-21(29)14-7-6-13(23)10-16(14)25-22(27)31-11-18-24-15-8-9-30-19(15)20(28)26-18/h2-10H,11H2,1H3,(H,24,26,28). The summed E-state index contributed by atoms with van der Waals surface area (Å²) < 4.78 is 2.21. The minimum absolute atomic E-state index is 0.162. The van der Waals surface area contributed by atoms with Gasteiger partial charge in [0.15, 0.2) is 5.16 Å². The molecule has 2 aromatic carbocycles. The summed E-state index contributed by atoms with van der Waals surface area (Å²) >= 11 is 8.83. The van der Waals surface area contributed by atoms with Crippen molar-refractivity contribution in [2.24, 2.45) is 0 Å². The maximum Gasteiger partial charge on any atom is 0.268 e. The number of aryl methyl sites for hydroxylation is 1. The SMILES string of the molecule is Cc1ccccc1-n1c(SCc2nc3ccsc3c(=O)[nH]2)nc2cc(Cl)ccc2c1=O. The smallest absolute Gasteiger partial charge is 0.268 e. The van der Waals surface area contributed by atoms with Gasteiger partial charge in [0.2, 0.25) is 0 Å². The summed E-state index contributed by atoms with van der Waals surface area (Å²) in [4.78, 5) is 37.8. The zero-order valence-electron chi connectivity index (χ0n) is 16.3. The van der Waals surface area contributed by atoms with Crippen molar-refractivity contribution < 1.29 is 0 Å². The van der Waals surface area contributed by atoms with Crippen molar-refractivity contribution in [2.75, 3.05) is 0 Å². The first kappa shape index (κ1) is 20.0. The van der Waals surface area contributed by atoms with Crippen molar-refractivity contribution in [2.45, 2.75) is 17.8 Å². The third-order valence-electron chi connectivity index (χ3n) is 4.86. The number of aromatic nitrogens is 4. The number of fused-ring (bicyclic) bond motifs is 2. The molecule has 154 valence electrons. The third-order valence-corrected chi connectivity index (χ3v) is 6.95. The van der Waals surface area contributed by atoms with Crippen LogP contribution in [0.25, 0.3) is 26.8 Å². The normalized spacial score (nSPS) is 11.4. The summed E-state index contributed by atoms with van der Waals surface area (Å²) in [6.45, 7) is 1.95. The predicted molar refractivity (Wildman–Crippen MR) is 127 cm³/mol. The van der Waals surface area contributed by atoms with Gasteiger partial charge in [-0.15, -0.1) is 11.3 Å². The van der Waals surface area contributed by atoms with E-state index >= 15 is 0 Å². The summed E-state index contributed by atoms with van der Waals surface area (Å²) in [5.74, 6) is 0.878. The van der Waals surface area contributed by atoms with Gasteiger partial charge in [0.05, 0.1) is 27.9 Å². The van der Waals surface area contributed by atoms with E-state index < -0.39 is 0 Å². The van der Waals surface area contributed by atoms with E-state index in [9.17, 15) is 9.59 Å². The van der Waals surface area contributed by atoms with Crippen molar-refractivity contribution in [1.29, 1.82) is 0 Å². The molecule has 0 unspecified atom stereocenters. The Morgan fingerprint density at radius 3 is 2.77 bits per heavy atom. The van der Waals surface area contributed by atoms with Crippen LogP contribution in [0, 0.1) is 6.92 Å². The van der Waals surface area contributed by atoms with Crippen LogP contribution in [0.5, 0.6) is 0 Å². The number of hydrogen-bond donors (Lipinski definition) is 1. The highest BCUT2D eigenvalue weighted by Gasteiger charge is 2.16. The summed E-state index contributed by atoms with van der Waals surface area (Å²) in [5, 5.41) is 3.34. The molecule has 31 heavy (non-hydrogen) atoms. The summed E-state index contributed by atoms with van der Waals surface area (Å²) in [5.41, 5.74) is 2.57. The van der Waals surface area contributed by atoms with Gasteiger partial charge < -0.3 is 4.98 Å². The first-order chi connectivity index (χ1) is 15.0. The van der Waals surface area contributed by atoms with E-state index in [0.29, 0.717) is 42.9 Å². The van der Waals surface area contributed by atoms with Gasteiger partial charge in [-0.25, -0.2) is 9.97 Å². The van der Waals surface area contributed by atoms with Crippen LogP contribution in [0.3, 0.4) is 0 Å². The Balaban J connectivity index is 1.65. The summed E-state index contributed by atoms with van der Waals surface area (Å²) in [6, 6.07) is 14.5. The number of nitrogens with one attached hydrogen (secondary N) is 1. The van der Waals surface area contributed by atoms with Crippen molar-refractivity contribution in [1.82, 2.24) is 19.5 Å². The second-order valence-corrected chi connectivity index (χ2v) is 9.21. The fourth-order valence-electron chi connectivity index (χ4n) is 3.38. The summed E-state index contributed by atoms with van der Waals surface area (Å²) in [7, 11) is 0. The van der Waals surface area contributed by atoms with E-state index in [1.54, 1.807) is 22.8 Å². The Kier molecular flexibility index (Phi) is 5.13. The number of hydrogen-bond acceptors (Lipinski definition) is 6. The first-order valence-electron chi connectivity index (χ1n) is 9.39. The van der Waals surface area contributed by atoms with Crippen molar-refractivity contribution >= 4 is 55.8 Å². The molecular formula is C22H15ClN4O2S2. The lowest BCUT2D eigenvalue weighted by atomic mass is 10.2. The van der Waals surface area contributed by atoms with E-state index in [1.807, 2.05) is 42.6 Å². The monoisotopic (exact) mass is 466 g/mol. The molecule has 5 rings (SSSR count). The number of H-pyrrole nitrogens is 1. The predicted octanol–water partition coefficient (Wildman–Crippen LogP) is 4.94. The molecule has 0 fully saturated rings. The fraction of sp³-hybridized carbons (Fsp3) is 0.0909. The molecule has 0 bridgehead atoms. The van der Waals surface area contributed by atoms with Crippen LogP contribution in [-0.2, 0) is 5.75 Å². The molecular weight excluding hydrogens is 452 g/mol. The van der Waals surface area contributed by atoms with E-state index in [2.05, 4.69) is 9.97 Å². The average molecular weight is 467 g/mol. The van der Waals surface area contributed by atoms with Crippen LogP contribution in [-0.4, -0.2) is 19.5 Å². The molecule has 0 aliphatic carbocycles. The molecule has 0 saturated carbocycles. The third kappa shape index (κ3) is 3.67. The van der Waals surface area contributed by atoms with Gasteiger partial charge in [0.1, 0.15) is 10.5 Å². The Labute approximate surface area is 189 Å². The van der Waals surface area contributed by atoms with Gasteiger partial charge in [0.25, 0.3) is 11.1 Å². The molecule has 0 radical (unpaired) electrons. The number of benzene rings is 2. The van der Waals surface area contributed by atoms with Gasteiger partial charge in [0, 0.05) is 5.02 Å². The quantitative estimate of drug-likeness (QED) is 0.300. The van der Waals surface area contributed by atoms with Crippen LogP contribution in [0.1, 0.15) is 11.4 Å². The van der Waals surface area contributed by atoms with Crippen LogP contribution >= 0.6 is 34.7 Å². The highest BCUT2D eigenvalue weighted by atomic mass is 35.5. The molecule has 0 aliphatic heterocycles. The van der Waals surface area contributed by atoms with Crippen molar-refractivity contribution in [3.8, 4) is 5.69 Å². The number of rotatable bonds is 4. The van der Waals surface area contributed by atoms with E-state index in [-0.39, 0.29) is 11.1 Å². The lowest BCUT2D eigenvalue weighted by Crippen LogP contribution is -2.22. The highest BCUT2D eigenvalue weighted by molar-refractivity contribution is 7.98. The lowest BCUT2D eigenvalue weighted by molar-refractivity contribution is 0.813. The van der Waals surface area contributed by atoms with Gasteiger partial charge in [-0.3, -0.25) is 14.2 Å². The number of aromatic amines is 1. The second kappa shape index (κ2) is 7.96. The van der Waals surface area contributed by atoms with E-state index in [4.69, 9.17) is 16.6 Å². The van der Waals surface area contributed by atoms with E-state index in [1.165, 1.54) is 23.1 Å². The second-order valence-electron chi connectivity index (χ2n) is 6.92. The van der Waals surface area contributed by atoms with Crippen LogP contribution in [0.4, 0.5) is 0 Å².